The molecule has 4 N–H and O–H groups in total. The predicted octanol–water partition coefficient (Wildman–Crippen LogP) is 1.21. The zero-order valence-electron chi connectivity index (χ0n) is 16.9. The molecular weight excluding hydrogens is 448 g/mol. The molecule has 0 spiro atoms. The Morgan fingerprint density at radius 3 is 2.35 bits per heavy atom. The number of aromatic carboxylic acids is 1. The summed E-state index contributed by atoms with van der Waals surface area (Å²) in [7, 11) is -7.85. The molecule has 0 aliphatic heterocycles. The van der Waals surface area contributed by atoms with Gasteiger partial charge in [0.2, 0.25) is 0 Å². The number of carbonyl (C=O) groups is 2. The van der Waals surface area contributed by atoms with E-state index in [1.165, 1.54) is 31.2 Å². The molecule has 168 valence electrons. The van der Waals surface area contributed by atoms with Crippen molar-refractivity contribution in [3.63, 3.8) is 0 Å². The number of nitrogen functional groups attached to an aromatic ring is 1. The quantitative estimate of drug-likeness (QED) is 0.379. The lowest BCUT2D eigenvalue weighted by Gasteiger charge is -2.16. The van der Waals surface area contributed by atoms with Crippen LogP contribution in [0.3, 0.4) is 0 Å². The number of nitrogens with two attached hydrogens (primary N) is 1. The van der Waals surface area contributed by atoms with Crippen molar-refractivity contribution in [2.75, 3.05) is 18.5 Å². The van der Waals surface area contributed by atoms with Crippen LogP contribution in [0.15, 0.2) is 41.3 Å². The first kappa shape index (κ1) is 24.2. The number of sulfone groups is 1. The smallest absolute Gasteiger partial charge is 0.340 e. The first-order chi connectivity index (χ1) is 14.2. The molecule has 0 fully saturated rings. The SMILES string of the molecule is Cc1cc(S(=O)(=O)C(C)CNC(=O)c2cccc(OS(C)(=O)=O)c2C(=O)O)ccc1N. The molecular formula is C19H22N2O8S2. The van der Waals surface area contributed by atoms with Crippen LogP contribution in [0.5, 0.6) is 5.75 Å². The van der Waals surface area contributed by atoms with Gasteiger partial charge in [-0.25, -0.2) is 13.2 Å². The van der Waals surface area contributed by atoms with Crippen molar-refractivity contribution >= 4 is 37.5 Å². The van der Waals surface area contributed by atoms with Gasteiger partial charge in [-0.15, -0.1) is 0 Å². The Labute approximate surface area is 180 Å². The third-order valence-electron chi connectivity index (χ3n) is 4.38. The molecule has 0 aliphatic rings. The Morgan fingerprint density at radius 1 is 1.16 bits per heavy atom. The third kappa shape index (κ3) is 5.73. The van der Waals surface area contributed by atoms with E-state index < -0.39 is 48.4 Å². The summed E-state index contributed by atoms with van der Waals surface area (Å²) in [5.74, 6) is -3.00. The second kappa shape index (κ2) is 8.94. The molecule has 1 atom stereocenters. The normalized spacial score (nSPS) is 12.7. The highest BCUT2D eigenvalue weighted by Crippen LogP contribution is 2.24. The summed E-state index contributed by atoms with van der Waals surface area (Å²) < 4.78 is 52.9. The molecule has 2 aromatic rings. The highest BCUT2D eigenvalue weighted by molar-refractivity contribution is 7.92. The number of carboxylic acids is 1. The second-order valence-corrected chi connectivity index (χ2v) is 10.8. The van der Waals surface area contributed by atoms with E-state index in [0.29, 0.717) is 11.3 Å². The molecule has 0 heterocycles. The fraction of sp³-hybridized carbons (Fsp3) is 0.263. The van der Waals surface area contributed by atoms with Crippen molar-refractivity contribution in [1.29, 1.82) is 0 Å². The number of hydrogen-bond donors (Lipinski definition) is 3. The standard InChI is InChI=1S/C19H22N2O8S2/c1-11-9-13(7-8-15(11)20)31(27,28)12(2)10-21-18(22)14-5-4-6-16(17(14)19(23)24)29-30(3,25)26/h4-9,12H,10,20H2,1-3H3,(H,21,22)(H,23,24). The maximum atomic E-state index is 12.8. The summed E-state index contributed by atoms with van der Waals surface area (Å²) >= 11 is 0. The van der Waals surface area contributed by atoms with Crippen molar-refractivity contribution < 1.29 is 35.7 Å². The summed E-state index contributed by atoms with van der Waals surface area (Å²) in [6, 6.07) is 7.77. The minimum atomic E-state index is -4.04. The molecule has 2 rings (SSSR count). The summed E-state index contributed by atoms with van der Waals surface area (Å²) in [6.07, 6.45) is 0.733. The molecule has 0 aliphatic carbocycles. The first-order valence-corrected chi connectivity index (χ1v) is 12.2. The summed E-state index contributed by atoms with van der Waals surface area (Å²) in [4.78, 5) is 24.2. The number of carboxylic acid groups (broad SMARTS) is 1. The molecule has 0 aromatic heterocycles. The van der Waals surface area contributed by atoms with Gasteiger partial charge in [0.15, 0.2) is 15.6 Å². The maximum Gasteiger partial charge on any atom is 0.340 e. The van der Waals surface area contributed by atoms with Gasteiger partial charge in [0.25, 0.3) is 5.91 Å². The fourth-order valence-electron chi connectivity index (χ4n) is 2.67. The van der Waals surface area contributed by atoms with Crippen molar-refractivity contribution in [2.45, 2.75) is 24.0 Å². The number of rotatable bonds is 8. The van der Waals surface area contributed by atoms with Crippen LogP contribution in [0.25, 0.3) is 0 Å². The largest absolute Gasteiger partial charge is 0.478 e. The number of anilines is 1. The monoisotopic (exact) mass is 470 g/mol. The molecule has 31 heavy (non-hydrogen) atoms. The zero-order chi connectivity index (χ0) is 23.6. The van der Waals surface area contributed by atoms with Gasteiger partial charge in [0.1, 0.15) is 5.56 Å². The molecule has 0 saturated carbocycles. The molecule has 0 bridgehead atoms. The van der Waals surface area contributed by atoms with Gasteiger partial charge in [-0.3, -0.25) is 4.79 Å². The molecule has 12 heteroatoms. The lowest BCUT2D eigenvalue weighted by Crippen LogP contribution is -2.35. The summed E-state index contributed by atoms with van der Waals surface area (Å²) in [5, 5.41) is 10.8. The number of carbonyl (C=O) groups excluding carboxylic acids is 1. The second-order valence-electron chi connectivity index (χ2n) is 6.86. The Balaban J connectivity index is 2.26. The number of nitrogens with one attached hydrogen (secondary N) is 1. The minimum absolute atomic E-state index is 0.0377. The fourth-order valence-corrected chi connectivity index (χ4v) is 4.50. The zero-order valence-corrected chi connectivity index (χ0v) is 18.6. The minimum Gasteiger partial charge on any atom is -0.478 e. The molecule has 1 amide bonds. The number of benzene rings is 2. The van der Waals surface area contributed by atoms with Gasteiger partial charge < -0.3 is 20.3 Å². The van der Waals surface area contributed by atoms with Gasteiger partial charge in [0.05, 0.1) is 22.0 Å². The van der Waals surface area contributed by atoms with Gasteiger partial charge in [0, 0.05) is 12.2 Å². The number of hydrogen-bond acceptors (Lipinski definition) is 8. The van der Waals surface area contributed by atoms with Crippen molar-refractivity contribution in [2.24, 2.45) is 0 Å². The average molecular weight is 471 g/mol. The van der Waals surface area contributed by atoms with Gasteiger partial charge in [-0.05, 0) is 49.7 Å². The molecule has 0 radical (unpaired) electrons. The summed E-state index contributed by atoms with van der Waals surface area (Å²) in [5.41, 5.74) is 5.71. The Morgan fingerprint density at radius 2 is 1.81 bits per heavy atom. The van der Waals surface area contributed by atoms with Crippen LogP contribution in [0.1, 0.15) is 33.2 Å². The van der Waals surface area contributed by atoms with Crippen LogP contribution in [0, 0.1) is 6.92 Å². The molecule has 2 aromatic carbocycles. The van der Waals surface area contributed by atoms with E-state index in [9.17, 15) is 31.5 Å². The molecule has 1 unspecified atom stereocenters. The van der Waals surface area contributed by atoms with E-state index in [0.717, 1.165) is 18.4 Å². The first-order valence-electron chi connectivity index (χ1n) is 8.88. The van der Waals surface area contributed by atoms with Crippen LogP contribution in [-0.4, -0.2) is 51.9 Å². The number of amides is 1. The van der Waals surface area contributed by atoms with Crippen molar-refractivity contribution in [3.8, 4) is 5.75 Å². The Hall–Kier alpha value is -3.12. The van der Waals surface area contributed by atoms with E-state index in [1.54, 1.807) is 6.92 Å². The Kier molecular flexibility index (Phi) is 6.96. The van der Waals surface area contributed by atoms with Crippen LogP contribution >= 0.6 is 0 Å². The third-order valence-corrected chi connectivity index (χ3v) is 6.99. The van der Waals surface area contributed by atoms with Crippen LogP contribution < -0.4 is 15.2 Å². The van der Waals surface area contributed by atoms with Gasteiger partial charge in [-0.2, -0.15) is 8.42 Å². The van der Waals surface area contributed by atoms with Crippen molar-refractivity contribution in [1.82, 2.24) is 5.32 Å². The molecule has 10 nitrogen and oxygen atoms in total. The predicted molar refractivity (Wildman–Crippen MR) is 113 cm³/mol. The topological polar surface area (TPSA) is 170 Å². The average Bonchev–Trinajstić information content (AvgIpc) is 2.66. The van der Waals surface area contributed by atoms with E-state index in [1.807, 2.05) is 0 Å². The van der Waals surface area contributed by atoms with E-state index in [-0.39, 0.29) is 17.0 Å². The van der Waals surface area contributed by atoms with Crippen LogP contribution in [0.4, 0.5) is 5.69 Å². The maximum absolute atomic E-state index is 12.8. The van der Waals surface area contributed by atoms with E-state index in [2.05, 4.69) is 9.50 Å². The van der Waals surface area contributed by atoms with Gasteiger partial charge >= 0.3 is 16.1 Å². The highest BCUT2D eigenvalue weighted by atomic mass is 32.2. The van der Waals surface area contributed by atoms with Gasteiger partial charge in [-0.1, -0.05) is 6.07 Å². The van der Waals surface area contributed by atoms with Crippen LogP contribution in [-0.2, 0) is 20.0 Å². The van der Waals surface area contributed by atoms with Crippen molar-refractivity contribution in [3.05, 3.63) is 53.1 Å². The lowest BCUT2D eigenvalue weighted by molar-refractivity contribution is 0.0689. The van der Waals surface area contributed by atoms with E-state index >= 15 is 0 Å². The molecule has 0 saturated heterocycles. The highest BCUT2D eigenvalue weighted by Gasteiger charge is 2.27. The Bertz CT molecular complexity index is 1240. The van der Waals surface area contributed by atoms with Crippen LogP contribution in [0.2, 0.25) is 0 Å². The number of aryl methyl sites for hydroxylation is 1. The lowest BCUT2D eigenvalue weighted by atomic mass is 10.1. The van der Waals surface area contributed by atoms with E-state index in [4.69, 9.17) is 5.73 Å². The summed E-state index contributed by atoms with van der Waals surface area (Å²) in [6.45, 7) is 2.74.